The third-order valence-electron chi connectivity index (χ3n) is 7.43. The molecule has 0 spiro atoms. The fraction of sp³-hybridized carbons (Fsp3) is 0.407. The van der Waals surface area contributed by atoms with Gasteiger partial charge >= 0.3 is 0 Å². The van der Waals surface area contributed by atoms with Crippen molar-refractivity contribution in [1.29, 1.82) is 0 Å². The summed E-state index contributed by atoms with van der Waals surface area (Å²) in [6, 6.07) is 17.8. The Morgan fingerprint density at radius 3 is 2.44 bits per heavy atom. The number of rotatable bonds is 5. The molecule has 2 atom stereocenters. The lowest BCUT2D eigenvalue weighted by molar-refractivity contribution is 0.122. The zero-order chi connectivity index (χ0) is 22.9. The molecule has 0 amide bonds. The van der Waals surface area contributed by atoms with Crippen molar-refractivity contribution in [3.8, 4) is 0 Å². The van der Waals surface area contributed by atoms with E-state index in [-0.39, 0.29) is 12.1 Å². The normalized spacial score (nSPS) is 23.5. The first-order valence-corrected chi connectivity index (χ1v) is 12.8. The van der Waals surface area contributed by atoms with E-state index >= 15 is 0 Å². The molecule has 2 aromatic heterocycles. The Balaban J connectivity index is 1.34. The Morgan fingerprint density at radius 1 is 0.941 bits per heavy atom. The van der Waals surface area contributed by atoms with E-state index in [1.807, 2.05) is 18.3 Å². The van der Waals surface area contributed by atoms with Crippen LogP contribution >= 0.6 is 12.2 Å². The van der Waals surface area contributed by atoms with Crippen molar-refractivity contribution < 1.29 is 4.74 Å². The molecule has 0 unspecified atom stereocenters. The smallest absolute Gasteiger partial charge is 0.174 e. The van der Waals surface area contributed by atoms with Crippen molar-refractivity contribution in [2.75, 3.05) is 36.1 Å². The minimum atomic E-state index is -0.00736. The van der Waals surface area contributed by atoms with Crippen LogP contribution in [0.2, 0.25) is 0 Å². The molecule has 4 heterocycles. The second-order valence-corrected chi connectivity index (χ2v) is 9.83. The largest absolute Gasteiger partial charge is 0.378 e. The lowest BCUT2D eigenvalue weighted by atomic mass is 9.98. The van der Waals surface area contributed by atoms with Gasteiger partial charge < -0.3 is 24.4 Å². The molecule has 2 aliphatic heterocycles. The van der Waals surface area contributed by atoms with Crippen molar-refractivity contribution >= 4 is 28.7 Å². The Hall–Kier alpha value is -2.90. The van der Waals surface area contributed by atoms with Crippen LogP contribution in [-0.2, 0) is 4.74 Å². The molecule has 0 radical (unpaired) electrons. The predicted molar refractivity (Wildman–Crippen MR) is 139 cm³/mol. The van der Waals surface area contributed by atoms with Crippen LogP contribution < -0.4 is 15.1 Å². The molecule has 1 aromatic carbocycles. The third kappa shape index (κ3) is 4.07. The summed E-state index contributed by atoms with van der Waals surface area (Å²) in [5.41, 5.74) is 4.62. The van der Waals surface area contributed by atoms with Gasteiger partial charge in [-0.25, -0.2) is 0 Å². The van der Waals surface area contributed by atoms with Gasteiger partial charge in [0, 0.05) is 49.1 Å². The summed E-state index contributed by atoms with van der Waals surface area (Å²) in [7, 11) is 0. The Bertz CT molecular complexity index is 1120. The number of nitrogens with one attached hydrogen (secondary N) is 1. The van der Waals surface area contributed by atoms with E-state index in [9.17, 15) is 0 Å². The number of thiocarbonyl (C=S) groups is 1. The number of pyridine rings is 1. The lowest BCUT2D eigenvalue weighted by Gasteiger charge is -2.30. The fourth-order valence-corrected chi connectivity index (χ4v) is 6.00. The molecule has 1 saturated carbocycles. The number of ether oxygens (including phenoxy) is 1. The molecule has 176 valence electrons. The zero-order valence-electron chi connectivity index (χ0n) is 19.3. The highest BCUT2D eigenvalue weighted by molar-refractivity contribution is 7.80. The van der Waals surface area contributed by atoms with Crippen LogP contribution in [0.25, 0.3) is 0 Å². The average molecular weight is 474 g/mol. The van der Waals surface area contributed by atoms with Crippen molar-refractivity contribution in [2.45, 2.75) is 43.8 Å². The summed E-state index contributed by atoms with van der Waals surface area (Å²) in [5.74, 6) is 0. The summed E-state index contributed by atoms with van der Waals surface area (Å²) in [6.45, 7) is 3.44. The molecule has 1 aliphatic carbocycles. The molecule has 7 heteroatoms. The molecule has 1 N–H and O–H groups in total. The SMILES string of the molecule is S=C1N[C@@H](c2ccccn2)[C@H](c2ccn(C3CCCC3)c2)N1c1ccc(N2CCOCC2)cc1. The van der Waals surface area contributed by atoms with E-state index in [0.717, 1.165) is 42.8 Å². The van der Waals surface area contributed by atoms with E-state index in [0.29, 0.717) is 6.04 Å². The van der Waals surface area contributed by atoms with Crippen molar-refractivity contribution in [3.05, 3.63) is 78.4 Å². The van der Waals surface area contributed by atoms with Gasteiger partial charge in [0.1, 0.15) is 0 Å². The summed E-state index contributed by atoms with van der Waals surface area (Å²) >= 11 is 5.90. The molecular formula is C27H31N5OS. The zero-order valence-corrected chi connectivity index (χ0v) is 20.2. The first-order valence-electron chi connectivity index (χ1n) is 12.4. The molecule has 3 aromatic rings. The monoisotopic (exact) mass is 473 g/mol. The van der Waals surface area contributed by atoms with E-state index in [2.05, 4.69) is 73.5 Å². The molecule has 3 fully saturated rings. The minimum absolute atomic E-state index is 0.00736. The minimum Gasteiger partial charge on any atom is -0.378 e. The standard InChI is InChI=1S/C27H31N5OS/c34-27-29-25(24-7-3-4-13-28-24)26(20-12-14-31(19-20)21-5-1-2-6-21)32(27)23-10-8-22(9-11-23)30-15-17-33-18-16-30/h3-4,7-14,19,21,25-26H,1-2,5-6,15-18H2,(H,29,34)/t25-,26-/m0/s1. The van der Waals surface area contributed by atoms with Crippen molar-refractivity contribution in [1.82, 2.24) is 14.9 Å². The topological polar surface area (TPSA) is 45.6 Å². The van der Waals surface area contributed by atoms with Gasteiger partial charge in [0.2, 0.25) is 0 Å². The van der Waals surface area contributed by atoms with Gasteiger partial charge in [-0.1, -0.05) is 18.9 Å². The van der Waals surface area contributed by atoms with Gasteiger partial charge in [-0.2, -0.15) is 0 Å². The number of hydrogen-bond donors (Lipinski definition) is 1. The van der Waals surface area contributed by atoms with Crippen molar-refractivity contribution in [2.24, 2.45) is 0 Å². The van der Waals surface area contributed by atoms with Gasteiger partial charge in [-0.15, -0.1) is 0 Å². The van der Waals surface area contributed by atoms with Crippen molar-refractivity contribution in [3.63, 3.8) is 0 Å². The highest BCUT2D eigenvalue weighted by Gasteiger charge is 2.41. The molecule has 6 rings (SSSR count). The number of morpholine rings is 1. The van der Waals surface area contributed by atoms with Crippen LogP contribution in [0.1, 0.15) is 55.1 Å². The number of nitrogens with zero attached hydrogens (tertiary/aromatic N) is 4. The Labute approximate surface area is 206 Å². The summed E-state index contributed by atoms with van der Waals surface area (Å²) in [6.07, 6.45) is 11.6. The lowest BCUT2D eigenvalue weighted by Crippen LogP contribution is -2.36. The van der Waals surface area contributed by atoms with Crippen LogP contribution in [-0.4, -0.2) is 41.0 Å². The van der Waals surface area contributed by atoms with Crippen LogP contribution in [0.4, 0.5) is 11.4 Å². The van der Waals surface area contributed by atoms with Gasteiger partial charge in [-0.05, 0) is 73.1 Å². The molecule has 6 nitrogen and oxygen atoms in total. The number of hydrogen-bond acceptors (Lipinski definition) is 4. The van der Waals surface area contributed by atoms with Crippen LogP contribution in [0.3, 0.4) is 0 Å². The summed E-state index contributed by atoms with van der Waals surface area (Å²) in [5, 5.41) is 4.33. The Morgan fingerprint density at radius 2 is 1.71 bits per heavy atom. The maximum absolute atomic E-state index is 5.90. The maximum Gasteiger partial charge on any atom is 0.174 e. The Kier molecular flexibility index (Phi) is 5.97. The van der Waals surface area contributed by atoms with E-state index in [1.165, 1.54) is 36.9 Å². The summed E-state index contributed by atoms with van der Waals surface area (Å²) < 4.78 is 7.93. The molecular weight excluding hydrogens is 442 g/mol. The van der Waals surface area contributed by atoms with E-state index in [1.54, 1.807) is 0 Å². The number of benzene rings is 1. The highest BCUT2D eigenvalue weighted by Crippen LogP contribution is 2.42. The average Bonchev–Trinajstić information content (AvgIpc) is 3.65. The van der Waals surface area contributed by atoms with Gasteiger partial charge in [0.05, 0.1) is 31.0 Å². The number of aromatic nitrogens is 2. The van der Waals surface area contributed by atoms with E-state index < -0.39 is 0 Å². The molecule has 0 bridgehead atoms. The molecule has 3 aliphatic rings. The highest BCUT2D eigenvalue weighted by atomic mass is 32.1. The fourth-order valence-electron chi connectivity index (χ4n) is 5.65. The predicted octanol–water partition coefficient (Wildman–Crippen LogP) is 5.01. The quantitative estimate of drug-likeness (QED) is 0.526. The third-order valence-corrected chi connectivity index (χ3v) is 7.74. The van der Waals surface area contributed by atoms with Crippen LogP contribution in [0.15, 0.2) is 67.1 Å². The van der Waals surface area contributed by atoms with Gasteiger partial charge in [-0.3, -0.25) is 4.98 Å². The summed E-state index contributed by atoms with van der Waals surface area (Å²) in [4.78, 5) is 9.33. The van der Waals surface area contributed by atoms with E-state index in [4.69, 9.17) is 17.0 Å². The van der Waals surface area contributed by atoms with Gasteiger partial charge in [0.25, 0.3) is 0 Å². The number of anilines is 2. The second kappa shape index (κ2) is 9.39. The first kappa shape index (κ1) is 21.6. The first-order chi connectivity index (χ1) is 16.8. The molecule has 2 saturated heterocycles. The van der Waals surface area contributed by atoms with Crippen LogP contribution in [0.5, 0.6) is 0 Å². The second-order valence-electron chi connectivity index (χ2n) is 9.44. The van der Waals surface area contributed by atoms with Gasteiger partial charge in [0.15, 0.2) is 5.11 Å². The molecule has 34 heavy (non-hydrogen) atoms. The van der Waals surface area contributed by atoms with Crippen LogP contribution in [0, 0.1) is 0 Å². The maximum atomic E-state index is 5.90.